The Bertz CT molecular complexity index is 966. The highest BCUT2D eigenvalue weighted by molar-refractivity contribution is 6.11. The zero-order chi connectivity index (χ0) is 24.6. The van der Waals surface area contributed by atoms with Gasteiger partial charge in [0.2, 0.25) is 0 Å². The van der Waals surface area contributed by atoms with Crippen LogP contribution in [0, 0.1) is 17.2 Å². The lowest BCUT2D eigenvalue weighted by molar-refractivity contribution is 0.170. The van der Waals surface area contributed by atoms with Gasteiger partial charge in [-0.3, -0.25) is 4.98 Å². The van der Waals surface area contributed by atoms with Gasteiger partial charge >= 0.3 is 0 Å². The van der Waals surface area contributed by atoms with Crippen LogP contribution in [0.5, 0.6) is 5.75 Å². The topological polar surface area (TPSA) is 52.5 Å². The zero-order valence-electron chi connectivity index (χ0n) is 22.3. The van der Waals surface area contributed by atoms with E-state index in [1.54, 1.807) is 0 Å². The summed E-state index contributed by atoms with van der Waals surface area (Å²) in [5, 5.41) is 9.66. The second-order valence-electron chi connectivity index (χ2n) is 10.8. The van der Waals surface area contributed by atoms with E-state index in [2.05, 4.69) is 40.8 Å². The molecule has 0 radical (unpaired) electrons. The fourth-order valence-electron chi connectivity index (χ4n) is 5.82. The van der Waals surface area contributed by atoms with Crippen molar-refractivity contribution < 1.29 is 4.74 Å². The molecule has 0 aliphatic carbocycles. The molecule has 5 heteroatoms. The Hall–Kier alpha value is -2.14. The summed E-state index contributed by atoms with van der Waals surface area (Å²) in [4.78, 5) is 9.89. The Morgan fingerprint density at radius 2 is 1.91 bits per heavy atom. The van der Waals surface area contributed by atoms with Crippen LogP contribution < -0.4 is 9.64 Å². The van der Waals surface area contributed by atoms with Crippen LogP contribution in [0.2, 0.25) is 0 Å². The fraction of sp³-hybridized carbons (Fsp3) is 0.667. The lowest BCUT2D eigenvalue weighted by atomic mass is 9.91. The number of aromatic nitrogens is 1. The van der Waals surface area contributed by atoms with Crippen molar-refractivity contribution in [3.63, 3.8) is 0 Å². The summed E-state index contributed by atoms with van der Waals surface area (Å²) >= 11 is 0. The van der Waals surface area contributed by atoms with Gasteiger partial charge in [-0.25, -0.2) is 0 Å². The molecule has 1 atom stereocenters. The van der Waals surface area contributed by atoms with E-state index in [0.717, 1.165) is 53.6 Å². The van der Waals surface area contributed by atoms with Crippen LogP contribution >= 0.6 is 0 Å². The molecule has 1 unspecified atom stereocenters. The number of unbranched alkanes of at least 4 members (excludes halogenated alkanes) is 2. The van der Waals surface area contributed by atoms with Crippen molar-refractivity contribution in [2.75, 3.05) is 44.2 Å². The van der Waals surface area contributed by atoms with E-state index in [9.17, 15) is 0 Å². The van der Waals surface area contributed by atoms with E-state index in [-0.39, 0.29) is 0 Å². The summed E-state index contributed by atoms with van der Waals surface area (Å²) in [5.74, 6) is 2.56. The smallest absolute Gasteiger partial charge is 0.120 e. The van der Waals surface area contributed by atoms with Gasteiger partial charge in [0, 0.05) is 42.4 Å². The third-order valence-electron chi connectivity index (χ3n) is 8.15. The van der Waals surface area contributed by atoms with Gasteiger partial charge in [0.05, 0.1) is 17.8 Å². The lowest BCUT2D eigenvalue weighted by Gasteiger charge is -2.36. The maximum absolute atomic E-state index is 8.53. The molecule has 1 aromatic carbocycles. The molecule has 0 saturated carbocycles. The van der Waals surface area contributed by atoms with E-state index >= 15 is 0 Å². The molecule has 1 N–H and O–H groups in total. The molecule has 0 spiro atoms. The van der Waals surface area contributed by atoms with Crippen LogP contribution in [-0.4, -0.2) is 54.9 Å². The Morgan fingerprint density at radius 1 is 1.09 bits per heavy atom. The Morgan fingerprint density at radius 3 is 2.69 bits per heavy atom. The van der Waals surface area contributed by atoms with E-state index < -0.39 is 0 Å². The van der Waals surface area contributed by atoms with Crippen molar-refractivity contribution in [1.82, 2.24) is 9.88 Å². The number of hydrogen-bond acceptors (Lipinski definition) is 5. The van der Waals surface area contributed by atoms with Crippen LogP contribution in [0.1, 0.15) is 84.1 Å². The molecule has 35 heavy (non-hydrogen) atoms. The van der Waals surface area contributed by atoms with Crippen molar-refractivity contribution in [3.8, 4) is 5.75 Å². The molecule has 0 bridgehead atoms. The standard InChI is InChI=1S/C30H46N4O/c1-4-6-7-8-23(3)11-16-33-17-12-24(13-18-33)14-19-34-20-15-28(31)27-22-32-29-10-9-25(35-5-2)21-26(29)30(27)34/h9-10,21-24,31H,4-8,11-20H2,1-3H3. The summed E-state index contributed by atoms with van der Waals surface area (Å²) < 4.78 is 5.79. The van der Waals surface area contributed by atoms with Crippen molar-refractivity contribution >= 4 is 22.3 Å². The number of anilines is 1. The lowest BCUT2D eigenvalue weighted by Crippen LogP contribution is -2.37. The molecule has 1 aromatic heterocycles. The predicted octanol–water partition coefficient (Wildman–Crippen LogP) is 6.92. The van der Waals surface area contributed by atoms with Crippen LogP contribution in [0.25, 0.3) is 10.9 Å². The first-order valence-corrected chi connectivity index (χ1v) is 14.2. The van der Waals surface area contributed by atoms with Crippen LogP contribution in [0.15, 0.2) is 24.4 Å². The third-order valence-corrected chi connectivity index (χ3v) is 8.15. The molecule has 2 aliphatic heterocycles. The molecule has 0 amide bonds. The van der Waals surface area contributed by atoms with Gasteiger partial charge in [-0.05, 0) is 82.3 Å². The summed E-state index contributed by atoms with van der Waals surface area (Å²) in [6.45, 7) is 13.2. The highest BCUT2D eigenvalue weighted by Gasteiger charge is 2.26. The van der Waals surface area contributed by atoms with Crippen molar-refractivity contribution in [2.24, 2.45) is 11.8 Å². The quantitative estimate of drug-likeness (QED) is 0.336. The van der Waals surface area contributed by atoms with Crippen molar-refractivity contribution in [1.29, 1.82) is 5.41 Å². The first-order chi connectivity index (χ1) is 17.1. The predicted molar refractivity (Wildman–Crippen MR) is 148 cm³/mol. The average molecular weight is 479 g/mol. The number of hydrogen-bond donors (Lipinski definition) is 1. The van der Waals surface area contributed by atoms with Crippen LogP contribution in [-0.2, 0) is 0 Å². The van der Waals surface area contributed by atoms with Gasteiger partial charge in [0.1, 0.15) is 5.75 Å². The van der Waals surface area contributed by atoms with Gasteiger partial charge in [-0.15, -0.1) is 0 Å². The first-order valence-electron chi connectivity index (χ1n) is 14.2. The number of piperidine rings is 1. The molecule has 5 nitrogen and oxygen atoms in total. The third kappa shape index (κ3) is 6.75. The number of nitrogens with one attached hydrogen (secondary N) is 1. The highest BCUT2D eigenvalue weighted by atomic mass is 16.5. The number of pyridine rings is 1. The maximum Gasteiger partial charge on any atom is 0.120 e. The van der Waals surface area contributed by atoms with Crippen LogP contribution in [0.3, 0.4) is 0 Å². The molecule has 192 valence electrons. The molecular formula is C30H46N4O. The molecule has 3 heterocycles. The first kappa shape index (κ1) is 25.9. The fourth-order valence-corrected chi connectivity index (χ4v) is 5.82. The van der Waals surface area contributed by atoms with Gasteiger partial charge in [0.25, 0.3) is 0 Å². The van der Waals surface area contributed by atoms with Gasteiger partial charge < -0.3 is 19.9 Å². The molecule has 4 rings (SSSR count). The summed E-state index contributed by atoms with van der Waals surface area (Å²) in [6.07, 6.45) is 13.5. The van der Waals surface area contributed by atoms with Gasteiger partial charge in [-0.2, -0.15) is 0 Å². The van der Waals surface area contributed by atoms with Crippen LogP contribution in [0.4, 0.5) is 5.69 Å². The highest BCUT2D eigenvalue weighted by Crippen LogP contribution is 2.36. The Balaban J connectivity index is 1.32. The van der Waals surface area contributed by atoms with Crippen molar-refractivity contribution in [2.45, 2.75) is 78.6 Å². The number of benzene rings is 1. The Labute approximate surface area is 212 Å². The number of ether oxygens (including phenoxy) is 1. The van der Waals surface area contributed by atoms with Gasteiger partial charge in [0.15, 0.2) is 0 Å². The minimum Gasteiger partial charge on any atom is -0.494 e. The van der Waals surface area contributed by atoms with E-state index in [4.69, 9.17) is 10.1 Å². The minimum absolute atomic E-state index is 0.657. The molecule has 1 fully saturated rings. The van der Waals surface area contributed by atoms with Crippen molar-refractivity contribution in [3.05, 3.63) is 30.0 Å². The summed E-state index contributed by atoms with van der Waals surface area (Å²) in [6, 6.07) is 6.18. The number of fused-ring (bicyclic) bond motifs is 3. The molecule has 2 aromatic rings. The van der Waals surface area contributed by atoms with E-state index in [1.807, 2.05) is 19.2 Å². The number of likely N-dealkylation sites (tertiary alicyclic amines) is 1. The van der Waals surface area contributed by atoms with Gasteiger partial charge in [-0.1, -0.05) is 39.5 Å². The zero-order valence-corrected chi connectivity index (χ0v) is 22.3. The summed E-state index contributed by atoms with van der Waals surface area (Å²) in [7, 11) is 0. The monoisotopic (exact) mass is 478 g/mol. The number of nitrogens with zero attached hydrogens (tertiary/aromatic N) is 3. The Kier molecular flexibility index (Phi) is 9.42. The molecule has 1 saturated heterocycles. The average Bonchev–Trinajstić information content (AvgIpc) is 2.88. The molecular weight excluding hydrogens is 432 g/mol. The second kappa shape index (κ2) is 12.7. The van der Waals surface area contributed by atoms with E-state index in [1.165, 1.54) is 76.7 Å². The largest absolute Gasteiger partial charge is 0.494 e. The summed E-state index contributed by atoms with van der Waals surface area (Å²) in [5.41, 5.74) is 3.90. The normalized spacial score (nSPS) is 18.1. The minimum atomic E-state index is 0.657. The number of rotatable bonds is 12. The SMILES string of the molecule is CCCCCC(C)CCN1CCC(CCN2CCC(=N)c3cnc4ccc(OCC)cc4c32)CC1. The maximum atomic E-state index is 8.53. The second-order valence-corrected chi connectivity index (χ2v) is 10.8. The van der Waals surface area contributed by atoms with E-state index in [0.29, 0.717) is 12.3 Å². The molecule has 2 aliphatic rings.